The molecule has 1 aromatic carbocycles. The largest absolute Gasteiger partial charge is 0.504 e. The normalized spacial score (nSPS) is 10.1. The zero-order valence-corrected chi connectivity index (χ0v) is 8.13. The van der Waals surface area contributed by atoms with E-state index in [4.69, 9.17) is 10.6 Å². The Kier molecular flexibility index (Phi) is 2.49. The molecule has 0 saturated carbocycles. The second-order valence-electron chi connectivity index (χ2n) is 3.17. The van der Waals surface area contributed by atoms with Crippen molar-refractivity contribution in [2.24, 2.45) is 0 Å². The van der Waals surface area contributed by atoms with Crippen LogP contribution in [-0.4, -0.2) is 9.84 Å². The van der Waals surface area contributed by atoms with Gasteiger partial charge in [0.2, 0.25) is 0 Å². The summed E-state index contributed by atoms with van der Waals surface area (Å²) in [7, 11) is 0. The smallest absolute Gasteiger partial charge is 0.182 e. The molecule has 4 heteroatoms. The van der Waals surface area contributed by atoms with E-state index in [0.29, 0.717) is 6.61 Å². The van der Waals surface area contributed by atoms with Gasteiger partial charge in [0.15, 0.2) is 11.6 Å². The van der Waals surface area contributed by atoms with Crippen molar-refractivity contribution in [3.63, 3.8) is 0 Å². The molecule has 4 nitrogen and oxygen atoms in total. The molecule has 0 atom stereocenters. The van der Waals surface area contributed by atoms with Gasteiger partial charge in [-0.2, -0.15) is 4.73 Å². The molecule has 1 heterocycles. The van der Waals surface area contributed by atoms with Gasteiger partial charge in [0.05, 0.1) is 0 Å². The molecule has 3 N–H and O–H groups in total. The van der Waals surface area contributed by atoms with Gasteiger partial charge in [-0.1, -0.05) is 30.3 Å². The lowest BCUT2D eigenvalue weighted by atomic mass is 10.2. The summed E-state index contributed by atoms with van der Waals surface area (Å²) in [6.45, 7) is 0.416. The fourth-order valence-electron chi connectivity index (χ4n) is 1.25. The van der Waals surface area contributed by atoms with E-state index >= 15 is 0 Å². The van der Waals surface area contributed by atoms with Crippen molar-refractivity contribution in [3.8, 4) is 5.75 Å². The first-order valence-electron chi connectivity index (χ1n) is 4.60. The lowest BCUT2D eigenvalue weighted by Gasteiger charge is -2.08. The molecule has 78 valence electrons. The Bertz CT molecular complexity index is 437. The number of rotatable bonds is 3. The van der Waals surface area contributed by atoms with Gasteiger partial charge < -0.3 is 15.7 Å². The van der Waals surface area contributed by atoms with E-state index in [1.807, 2.05) is 30.3 Å². The van der Waals surface area contributed by atoms with Gasteiger partial charge in [-0.3, -0.25) is 0 Å². The van der Waals surface area contributed by atoms with E-state index in [2.05, 4.69) is 0 Å². The lowest BCUT2D eigenvalue weighted by molar-refractivity contribution is 0.102. The van der Waals surface area contributed by atoms with Crippen LogP contribution in [0.2, 0.25) is 0 Å². The third-order valence-corrected chi connectivity index (χ3v) is 2.08. The summed E-state index contributed by atoms with van der Waals surface area (Å²) >= 11 is 0. The highest BCUT2D eigenvalue weighted by Crippen LogP contribution is 2.19. The second kappa shape index (κ2) is 3.96. The summed E-state index contributed by atoms with van der Waals surface area (Å²) in [6, 6.07) is 11.2. The number of hydrogen-bond acceptors (Lipinski definition) is 3. The first-order valence-corrected chi connectivity index (χ1v) is 4.60. The van der Waals surface area contributed by atoms with Gasteiger partial charge >= 0.3 is 0 Å². The molecule has 0 aliphatic carbocycles. The molecule has 0 amide bonds. The summed E-state index contributed by atoms with van der Waals surface area (Å²) in [5.41, 5.74) is 6.60. The molecule has 0 unspecified atom stereocenters. The van der Waals surface area contributed by atoms with Crippen LogP contribution in [-0.2, 0) is 6.61 Å². The van der Waals surface area contributed by atoms with E-state index in [1.165, 1.54) is 10.8 Å². The third-order valence-electron chi connectivity index (χ3n) is 2.08. The Morgan fingerprint density at radius 1 is 1.20 bits per heavy atom. The molecule has 0 fully saturated rings. The van der Waals surface area contributed by atoms with Crippen molar-refractivity contribution >= 4 is 5.82 Å². The Morgan fingerprint density at radius 3 is 2.53 bits per heavy atom. The van der Waals surface area contributed by atoms with E-state index < -0.39 is 0 Å². The van der Waals surface area contributed by atoms with Crippen LogP contribution in [0.3, 0.4) is 0 Å². The van der Waals surface area contributed by atoms with Gasteiger partial charge in [-0.25, -0.2) is 0 Å². The molecule has 2 rings (SSSR count). The Hall–Kier alpha value is -2.10. The second-order valence-corrected chi connectivity index (χ2v) is 3.17. The zero-order valence-electron chi connectivity index (χ0n) is 8.13. The van der Waals surface area contributed by atoms with Crippen LogP contribution in [0.5, 0.6) is 5.75 Å². The molecular weight excluding hydrogens is 192 g/mol. The van der Waals surface area contributed by atoms with Gasteiger partial charge in [0.1, 0.15) is 6.61 Å². The number of nitrogens with two attached hydrogens (primary N) is 1. The van der Waals surface area contributed by atoms with E-state index in [9.17, 15) is 5.11 Å². The number of aromatic hydroxyl groups is 1. The molecule has 0 bridgehead atoms. The maximum atomic E-state index is 9.21. The van der Waals surface area contributed by atoms with Crippen LogP contribution in [0, 0.1) is 0 Å². The third kappa shape index (κ3) is 2.04. The van der Waals surface area contributed by atoms with Gasteiger partial charge in [0.25, 0.3) is 0 Å². The van der Waals surface area contributed by atoms with E-state index in [0.717, 1.165) is 5.56 Å². The lowest BCUT2D eigenvalue weighted by Crippen LogP contribution is -2.12. The number of anilines is 1. The molecule has 0 saturated heterocycles. The van der Waals surface area contributed by atoms with E-state index in [-0.39, 0.29) is 11.6 Å². The molecule has 0 aliphatic rings. The number of aromatic nitrogens is 1. The predicted octanol–water partition coefficient (Wildman–Crippen LogP) is 1.40. The molecule has 1 aromatic heterocycles. The minimum atomic E-state index is 0.0306. The van der Waals surface area contributed by atoms with Crippen LogP contribution < -0.4 is 10.6 Å². The van der Waals surface area contributed by atoms with Crippen molar-refractivity contribution in [1.82, 2.24) is 4.73 Å². The first-order chi connectivity index (χ1) is 7.27. The molecular formula is C11H12N2O2. The number of benzene rings is 1. The Labute approximate surface area is 87.5 Å². The van der Waals surface area contributed by atoms with Gasteiger partial charge in [-0.05, 0) is 5.56 Å². The van der Waals surface area contributed by atoms with Crippen LogP contribution in [0.15, 0.2) is 42.6 Å². The summed E-state index contributed by atoms with van der Waals surface area (Å²) in [6.07, 6.45) is 1.58. The average molecular weight is 204 g/mol. The molecule has 0 spiro atoms. The molecule has 0 aliphatic heterocycles. The standard InChI is InChI=1S/C11H12N2O2/c12-11-10(14)6-7-13(11)15-8-9-4-2-1-3-5-9/h1-7,14H,8,12H2. The first kappa shape index (κ1) is 9.45. The van der Waals surface area contributed by atoms with Crippen LogP contribution in [0.25, 0.3) is 0 Å². The minimum Gasteiger partial charge on any atom is -0.504 e. The van der Waals surface area contributed by atoms with Gasteiger partial charge in [-0.15, -0.1) is 0 Å². The SMILES string of the molecule is Nc1c(O)ccn1OCc1ccccc1. The fraction of sp³-hybridized carbons (Fsp3) is 0.0909. The topological polar surface area (TPSA) is 60.4 Å². The highest BCUT2D eigenvalue weighted by molar-refractivity contribution is 5.45. The fourth-order valence-corrected chi connectivity index (χ4v) is 1.25. The highest BCUT2D eigenvalue weighted by Gasteiger charge is 2.03. The highest BCUT2D eigenvalue weighted by atomic mass is 16.7. The summed E-state index contributed by atoms with van der Waals surface area (Å²) in [5, 5.41) is 9.21. The minimum absolute atomic E-state index is 0.0306. The summed E-state index contributed by atoms with van der Waals surface area (Å²) in [4.78, 5) is 5.38. The van der Waals surface area contributed by atoms with Crippen molar-refractivity contribution < 1.29 is 9.94 Å². The van der Waals surface area contributed by atoms with E-state index in [1.54, 1.807) is 6.20 Å². The van der Waals surface area contributed by atoms with Crippen LogP contribution in [0.4, 0.5) is 5.82 Å². The Balaban J connectivity index is 2.02. The quantitative estimate of drug-likeness (QED) is 0.794. The molecule has 15 heavy (non-hydrogen) atoms. The molecule has 0 radical (unpaired) electrons. The number of nitrogens with zero attached hydrogens (tertiary/aromatic N) is 1. The van der Waals surface area contributed by atoms with Crippen LogP contribution >= 0.6 is 0 Å². The van der Waals surface area contributed by atoms with Crippen molar-refractivity contribution in [2.45, 2.75) is 6.61 Å². The average Bonchev–Trinajstić information content (AvgIpc) is 2.59. The predicted molar refractivity (Wildman–Crippen MR) is 57.2 cm³/mol. The maximum absolute atomic E-state index is 9.21. The number of nitrogen functional groups attached to an aromatic ring is 1. The van der Waals surface area contributed by atoms with Crippen LogP contribution in [0.1, 0.15) is 5.56 Å². The Morgan fingerprint density at radius 2 is 1.93 bits per heavy atom. The molecule has 2 aromatic rings. The van der Waals surface area contributed by atoms with Crippen molar-refractivity contribution in [3.05, 3.63) is 48.2 Å². The van der Waals surface area contributed by atoms with Crippen molar-refractivity contribution in [2.75, 3.05) is 5.73 Å². The van der Waals surface area contributed by atoms with Crippen molar-refractivity contribution in [1.29, 1.82) is 0 Å². The monoisotopic (exact) mass is 204 g/mol. The maximum Gasteiger partial charge on any atom is 0.182 e. The summed E-state index contributed by atoms with van der Waals surface area (Å²) in [5.74, 6) is 0.244. The summed E-state index contributed by atoms with van der Waals surface area (Å²) < 4.78 is 1.35. The zero-order chi connectivity index (χ0) is 10.7. The number of hydrogen-bond donors (Lipinski definition) is 2. The van der Waals surface area contributed by atoms with Gasteiger partial charge in [0, 0.05) is 12.3 Å².